The number of methoxy groups -OCH3 is 1. The Balaban J connectivity index is 2.05. The molecule has 0 unspecified atom stereocenters. The van der Waals surface area contributed by atoms with E-state index in [1.165, 1.54) is 0 Å². The number of ether oxygens (including phenoxy) is 2. The number of hydrogen-bond acceptors (Lipinski definition) is 4. The van der Waals surface area contributed by atoms with Crippen molar-refractivity contribution in [2.24, 2.45) is 0 Å². The molecule has 0 aliphatic carbocycles. The first-order valence-corrected chi connectivity index (χ1v) is 7.81. The molecule has 0 spiro atoms. The number of nitrogens with zero attached hydrogens (tertiary/aromatic N) is 2. The van der Waals surface area contributed by atoms with Crippen LogP contribution in [0.1, 0.15) is 20.8 Å². The fourth-order valence-electron chi connectivity index (χ4n) is 2.69. The lowest BCUT2D eigenvalue weighted by Gasteiger charge is -2.36. The highest BCUT2D eigenvalue weighted by Gasteiger charge is 2.31. The molecule has 1 aromatic carbocycles. The number of amides is 2. The van der Waals surface area contributed by atoms with E-state index in [2.05, 4.69) is 0 Å². The lowest BCUT2D eigenvalue weighted by Crippen LogP contribution is -2.54. The van der Waals surface area contributed by atoms with Crippen LogP contribution < -0.4 is 9.64 Å². The molecule has 1 fully saturated rings. The van der Waals surface area contributed by atoms with E-state index in [4.69, 9.17) is 9.47 Å². The monoisotopic (exact) mass is 320 g/mol. The molecule has 1 aliphatic rings. The van der Waals surface area contributed by atoms with Gasteiger partial charge in [0.1, 0.15) is 18.4 Å². The second-order valence-corrected chi connectivity index (χ2v) is 5.80. The molecular formula is C17H24N2O4. The molecule has 126 valence electrons. The van der Waals surface area contributed by atoms with Gasteiger partial charge in [0.05, 0.1) is 18.9 Å². The Hall–Kier alpha value is -2.08. The van der Waals surface area contributed by atoms with Crippen molar-refractivity contribution < 1.29 is 19.1 Å². The molecule has 1 atom stereocenters. The Labute approximate surface area is 137 Å². The molecule has 1 aliphatic heterocycles. The average molecular weight is 320 g/mol. The van der Waals surface area contributed by atoms with Crippen LogP contribution in [0.15, 0.2) is 24.3 Å². The van der Waals surface area contributed by atoms with Gasteiger partial charge in [0.2, 0.25) is 5.91 Å². The summed E-state index contributed by atoms with van der Waals surface area (Å²) in [6, 6.07) is 7.39. The Morgan fingerprint density at radius 3 is 2.48 bits per heavy atom. The van der Waals surface area contributed by atoms with E-state index in [1.807, 2.05) is 38.1 Å². The summed E-state index contributed by atoms with van der Waals surface area (Å²) < 4.78 is 10.8. The van der Waals surface area contributed by atoms with Crippen molar-refractivity contribution in [3.63, 3.8) is 0 Å². The smallest absolute Gasteiger partial charge is 0.251 e. The quantitative estimate of drug-likeness (QED) is 0.828. The topological polar surface area (TPSA) is 59.1 Å². The second-order valence-electron chi connectivity index (χ2n) is 5.80. The number of hydrogen-bond donors (Lipinski definition) is 0. The number of carbonyl (C=O) groups excluding carboxylic acids is 2. The van der Waals surface area contributed by atoms with Gasteiger partial charge in [0, 0.05) is 13.1 Å². The Morgan fingerprint density at radius 1 is 1.17 bits per heavy atom. The molecule has 1 heterocycles. The largest absolute Gasteiger partial charge is 0.495 e. The van der Waals surface area contributed by atoms with Crippen molar-refractivity contribution in [1.29, 1.82) is 0 Å². The molecule has 0 saturated carbocycles. The van der Waals surface area contributed by atoms with E-state index in [9.17, 15) is 9.59 Å². The molecule has 1 aromatic rings. The van der Waals surface area contributed by atoms with E-state index in [1.54, 1.807) is 23.8 Å². The summed E-state index contributed by atoms with van der Waals surface area (Å²) in [5, 5.41) is 0. The number of para-hydroxylation sites is 2. The van der Waals surface area contributed by atoms with Crippen molar-refractivity contribution in [3.05, 3.63) is 24.3 Å². The normalized spacial score (nSPS) is 16.7. The van der Waals surface area contributed by atoms with Gasteiger partial charge in [-0.05, 0) is 32.9 Å². The maximum atomic E-state index is 12.5. The molecule has 0 radical (unpaired) electrons. The minimum atomic E-state index is -0.541. The van der Waals surface area contributed by atoms with Crippen LogP contribution in [-0.2, 0) is 14.3 Å². The van der Waals surface area contributed by atoms with Crippen molar-refractivity contribution in [3.8, 4) is 5.75 Å². The van der Waals surface area contributed by atoms with E-state index >= 15 is 0 Å². The van der Waals surface area contributed by atoms with Gasteiger partial charge in [-0.15, -0.1) is 0 Å². The summed E-state index contributed by atoms with van der Waals surface area (Å²) in [5.74, 6) is 0.384. The van der Waals surface area contributed by atoms with Crippen molar-refractivity contribution >= 4 is 17.5 Å². The predicted octanol–water partition coefficient (Wildman–Crippen LogP) is 1.68. The molecule has 1 saturated heterocycles. The van der Waals surface area contributed by atoms with Crippen LogP contribution in [0, 0.1) is 0 Å². The minimum Gasteiger partial charge on any atom is -0.495 e. The van der Waals surface area contributed by atoms with Crippen LogP contribution in [-0.4, -0.2) is 55.7 Å². The number of anilines is 1. The van der Waals surface area contributed by atoms with Gasteiger partial charge in [-0.2, -0.15) is 0 Å². The minimum absolute atomic E-state index is 0.0282. The third-order valence-corrected chi connectivity index (χ3v) is 3.73. The maximum Gasteiger partial charge on any atom is 0.251 e. The first kappa shape index (κ1) is 17.3. The van der Waals surface area contributed by atoms with Gasteiger partial charge < -0.3 is 19.3 Å². The number of rotatable bonds is 5. The summed E-state index contributed by atoms with van der Waals surface area (Å²) >= 11 is 0. The Morgan fingerprint density at radius 2 is 1.87 bits per heavy atom. The van der Waals surface area contributed by atoms with Gasteiger partial charge in [0.15, 0.2) is 0 Å². The van der Waals surface area contributed by atoms with E-state index in [0.29, 0.717) is 18.8 Å². The van der Waals surface area contributed by atoms with E-state index < -0.39 is 6.10 Å². The molecular weight excluding hydrogens is 296 g/mol. The van der Waals surface area contributed by atoms with Crippen molar-refractivity contribution in [1.82, 2.24) is 4.90 Å². The SMILES string of the molecule is COc1ccccc1N1CCN(C(=O)[C@@H](C)OC(C)C)CC1=O. The molecule has 6 nitrogen and oxygen atoms in total. The molecule has 23 heavy (non-hydrogen) atoms. The summed E-state index contributed by atoms with van der Waals surface area (Å²) in [6.07, 6.45) is -0.569. The zero-order chi connectivity index (χ0) is 17.0. The van der Waals surface area contributed by atoms with Crippen LogP contribution in [0.2, 0.25) is 0 Å². The molecule has 0 bridgehead atoms. The number of piperazine rings is 1. The van der Waals surface area contributed by atoms with Gasteiger partial charge in [-0.1, -0.05) is 12.1 Å². The molecule has 0 aromatic heterocycles. The Kier molecular flexibility index (Phi) is 5.60. The van der Waals surface area contributed by atoms with E-state index in [0.717, 1.165) is 5.69 Å². The van der Waals surface area contributed by atoms with Gasteiger partial charge >= 0.3 is 0 Å². The van der Waals surface area contributed by atoms with E-state index in [-0.39, 0.29) is 24.5 Å². The maximum absolute atomic E-state index is 12.5. The highest BCUT2D eigenvalue weighted by atomic mass is 16.5. The number of benzene rings is 1. The number of carbonyl (C=O) groups is 2. The van der Waals surface area contributed by atoms with Crippen molar-refractivity contribution in [2.75, 3.05) is 31.6 Å². The lowest BCUT2D eigenvalue weighted by atomic mass is 10.2. The summed E-state index contributed by atoms with van der Waals surface area (Å²) in [7, 11) is 1.58. The summed E-state index contributed by atoms with van der Waals surface area (Å²) in [4.78, 5) is 28.0. The highest BCUT2D eigenvalue weighted by molar-refractivity contribution is 5.99. The first-order valence-electron chi connectivity index (χ1n) is 7.81. The fraction of sp³-hybridized carbons (Fsp3) is 0.529. The molecule has 2 amide bonds. The summed E-state index contributed by atoms with van der Waals surface area (Å²) in [6.45, 7) is 6.47. The zero-order valence-corrected chi connectivity index (χ0v) is 14.1. The van der Waals surface area contributed by atoms with Crippen LogP contribution in [0.25, 0.3) is 0 Å². The average Bonchev–Trinajstić information content (AvgIpc) is 2.53. The van der Waals surface area contributed by atoms with Crippen LogP contribution in [0.5, 0.6) is 5.75 Å². The second kappa shape index (κ2) is 7.46. The summed E-state index contributed by atoms with van der Waals surface area (Å²) in [5.41, 5.74) is 0.735. The standard InChI is InChI=1S/C17H24N2O4/c1-12(2)23-13(3)17(21)18-9-10-19(16(20)11-18)14-7-5-6-8-15(14)22-4/h5-8,12-13H,9-11H2,1-4H3/t13-/m1/s1. The molecule has 0 N–H and O–H groups in total. The Bertz CT molecular complexity index is 573. The molecule has 2 rings (SSSR count). The van der Waals surface area contributed by atoms with Crippen LogP contribution in [0.3, 0.4) is 0 Å². The fourth-order valence-corrected chi connectivity index (χ4v) is 2.69. The first-order chi connectivity index (χ1) is 10.9. The lowest BCUT2D eigenvalue weighted by molar-refractivity contribution is -0.148. The van der Waals surface area contributed by atoms with Gasteiger partial charge in [-0.25, -0.2) is 0 Å². The van der Waals surface area contributed by atoms with Crippen molar-refractivity contribution in [2.45, 2.75) is 33.0 Å². The third-order valence-electron chi connectivity index (χ3n) is 3.73. The predicted molar refractivity (Wildman–Crippen MR) is 87.6 cm³/mol. The third kappa shape index (κ3) is 4.01. The van der Waals surface area contributed by atoms with Gasteiger partial charge in [0.25, 0.3) is 5.91 Å². The highest BCUT2D eigenvalue weighted by Crippen LogP contribution is 2.28. The molecule has 6 heteroatoms. The zero-order valence-electron chi connectivity index (χ0n) is 14.1. The van der Waals surface area contributed by atoms with Crippen LogP contribution >= 0.6 is 0 Å². The van der Waals surface area contributed by atoms with Gasteiger partial charge in [-0.3, -0.25) is 9.59 Å². The van der Waals surface area contributed by atoms with Crippen LogP contribution in [0.4, 0.5) is 5.69 Å².